The van der Waals surface area contributed by atoms with E-state index in [-0.39, 0.29) is 11.8 Å². The van der Waals surface area contributed by atoms with Crippen molar-refractivity contribution in [3.63, 3.8) is 0 Å². The lowest BCUT2D eigenvalue weighted by Crippen LogP contribution is -2.28. The highest BCUT2D eigenvalue weighted by molar-refractivity contribution is 7.88. The minimum Gasteiger partial charge on any atom is -0.497 e. The Morgan fingerprint density at radius 2 is 1.64 bits per heavy atom. The number of hydrogen-bond acceptors (Lipinski definition) is 5. The summed E-state index contributed by atoms with van der Waals surface area (Å²) in [5.74, 6) is 0.0831. The van der Waals surface area contributed by atoms with Gasteiger partial charge in [-0.1, -0.05) is 24.3 Å². The molecular weight excluding hydrogens is 342 g/mol. The summed E-state index contributed by atoms with van der Waals surface area (Å²) in [5.41, 5.74) is 1.80. The first kappa shape index (κ1) is 19.0. The molecule has 0 aliphatic carbocycles. The van der Waals surface area contributed by atoms with Gasteiger partial charge in [-0.2, -0.15) is 0 Å². The lowest BCUT2D eigenvalue weighted by molar-refractivity contribution is 0.0600. The molecule has 0 saturated carbocycles. The van der Waals surface area contributed by atoms with Crippen LogP contribution in [-0.2, 0) is 20.5 Å². The number of esters is 1. The van der Waals surface area contributed by atoms with Crippen molar-refractivity contribution in [2.24, 2.45) is 0 Å². The van der Waals surface area contributed by atoms with Crippen LogP contribution in [0.2, 0.25) is 0 Å². The second kappa shape index (κ2) is 8.13. The van der Waals surface area contributed by atoms with E-state index in [0.29, 0.717) is 16.9 Å². The van der Waals surface area contributed by atoms with Crippen LogP contribution in [0.5, 0.6) is 5.75 Å². The maximum Gasteiger partial charge on any atom is 0.337 e. The van der Waals surface area contributed by atoms with Crippen molar-refractivity contribution in [2.75, 3.05) is 14.2 Å². The smallest absolute Gasteiger partial charge is 0.337 e. The molecule has 0 fully saturated rings. The summed E-state index contributed by atoms with van der Waals surface area (Å²) in [6.07, 6.45) is 0. The molecule has 0 spiro atoms. The second-order valence-corrected chi connectivity index (χ2v) is 7.31. The molecule has 2 aromatic carbocycles. The van der Waals surface area contributed by atoms with Crippen molar-refractivity contribution < 1.29 is 22.7 Å². The van der Waals surface area contributed by atoms with Gasteiger partial charge in [0.25, 0.3) is 0 Å². The molecule has 0 aromatic heterocycles. The SMILES string of the molecule is COC(=O)c1ccc(CS(=O)(=O)N[C@H](C)c2ccc(OC)cc2)cc1. The molecular formula is C18H21NO5S. The van der Waals surface area contributed by atoms with Gasteiger partial charge in [0.05, 0.1) is 25.5 Å². The zero-order valence-electron chi connectivity index (χ0n) is 14.4. The molecule has 0 bridgehead atoms. The Labute approximate surface area is 147 Å². The lowest BCUT2D eigenvalue weighted by atomic mass is 10.1. The predicted molar refractivity (Wildman–Crippen MR) is 95.0 cm³/mol. The van der Waals surface area contributed by atoms with Crippen LogP contribution in [0.15, 0.2) is 48.5 Å². The Morgan fingerprint density at radius 1 is 1.04 bits per heavy atom. The van der Waals surface area contributed by atoms with Crippen LogP contribution in [0, 0.1) is 0 Å². The minimum absolute atomic E-state index is 0.172. The van der Waals surface area contributed by atoms with Gasteiger partial charge in [0, 0.05) is 6.04 Å². The van der Waals surface area contributed by atoms with Gasteiger partial charge in [0.2, 0.25) is 10.0 Å². The topological polar surface area (TPSA) is 81.7 Å². The van der Waals surface area contributed by atoms with Gasteiger partial charge in [0.15, 0.2) is 0 Å². The normalized spacial score (nSPS) is 12.4. The number of ether oxygens (including phenoxy) is 2. The van der Waals surface area contributed by atoms with Crippen LogP contribution in [0.4, 0.5) is 0 Å². The standard InChI is InChI=1S/C18H21NO5S/c1-13(15-8-10-17(23-2)11-9-15)19-25(21,22)12-14-4-6-16(7-5-14)18(20)24-3/h4-11,13,19H,12H2,1-3H3/t13-/m1/s1. The van der Waals surface area contributed by atoms with Gasteiger partial charge < -0.3 is 9.47 Å². The molecule has 0 radical (unpaired) electrons. The van der Waals surface area contributed by atoms with Crippen molar-refractivity contribution >= 4 is 16.0 Å². The van der Waals surface area contributed by atoms with E-state index >= 15 is 0 Å². The van der Waals surface area contributed by atoms with Gasteiger partial charge in [-0.3, -0.25) is 0 Å². The van der Waals surface area contributed by atoms with Crippen LogP contribution in [0.25, 0.3) is 0 Å². The van der Waals surface area contributed by atoms with E-state index in [1.807, 2.05) is 12.1 Å². The molecule has 25 heavy (non-hydrogen) atoms. The number of benzene rings is 2. The fourth-order valence-corrected chi connectivity index (χ4v) is 3.74. The van der Waals surface area contributed by atoms with Gasteiger partial charge in [-0.15, -0.1) is 0 Å². The van der Waals surface area contributed by atoms with E-state index in [0.717, 1.165) is 5.56 Å². The van der Waals surface area contributed by atoms with E-state index in [2.05, 4.69) is 9.46 Å². The van der Waals surface area contributed by atoms with Gasteiger partial charge in [-0.25, -0.2) is 17.9 Å². The number of rotatable bonds is 7. The quantitative estimate of drug-likeness (QED) is 0.765. The molecule has 0 amide bonds. The van der Waals surface area contributed by atoms with E-state index in [1.165, 1.54) is 7.11 Å². The van der Waals surface area contributed by atoms with Crippen molar-refractivity contribution in [1.29, 1.82) is 0 Å². The zero-order valence-corrected chi connectivity index (χ0v) is 15.2. The highest BCUT2D eigenvalue weighted by Gasteiger charge is 2.17. The first-order valence-electron chi connectivity index (χ1n) is 7.66. The Bertz CT molecular complexity index is 814. The molecule has 0 aliphatic rings. The van der Waals surface area contributed by atoms with Crippen molar-refractivity contribution in [3.8, 4) is 5.75 Å². The second-order valence-electron chi connectivity index (χ2n) is 5.56. The summed E-state index contributed by atoms with van der Waals surface area (Å²) in [7, 11) is -0.661. The monoisotopic (exact) mass is 363 g/mol. The van der Waals surface area contributed by atoms with Crippen molar-refractivity contribution in [2.45, 2.75) is 18.7 Å². The third-order valence-corrected chi connectivity index (χ3v) is 5.13. The molecule has 1 N–H and O–H groups in total. The predicted octanol–water partition coefficient (Wildman–Crippen LogP) is 2.66. The number of hydrogen-bond donors (Lipinski definition) is 1. The average Bonchev–Trinajstić information content (AvgIpc) is 2.61. The highest BCUT2D eigenvalue weighted by atomic mass is 32.2. The lowest BCUT2D eigenvalue weighted by Gasteiger charge is -2.15. The van der Waals surface area contributed by atoms with Crippen LogP contribution >= 0.6 is 0 Å². The summed E-state index contributed by atoms with van der Waals surface area (Å²) >= 11 is 0. The minimum atomic E-state index is -3.53. The molecule has 6 nitrogen and oxygen atoms in total. The van der Waals surface area contributed by atoms with Crippen molar-refractivity contribution in [3.05, 3.63) is 65.2 Å². The summed E-state index contributed by atoms with van der Waals surface area (Å²) in [6, 6.07) is 13.1. The van der Waals surface area contributed by atoms with Crippen LogP contribution in [0.3, 0.4) is 0 Å². The molecule has 2 rings (SSSR count). The third-order valence-electron chi connectivity index (χ3n) is 3.70. The Hall–Kier alpha value is -2.38. The number of methoxy groups -OCH3 is 2. The average molecular weight is 363 g/mol. The Kier molecular flexibility index (Phi) is 6.17. The van der Waals surface area contributed by atoms with Gasteiger partial charge in [0.1, 0.15) is 5.75 Å². The number of nitrogens with one attached hydrogen (secondary N) is 1. The first-order valence-corrected chi connectivity index (χ1v) is 9.31. The number of carbonyl (C=O) groups is 1. The Morgan fingerprint density at radius 3 is 2.16 bits per heavy atom. The molecule has 0 unspecified atom stereocenters. The molecule has 0 heterocycles. The summed E-state index contributed by atoms with van der Waals surface area (Å²) < 4.78 is 37.1. The van der Waals surface area contributed by atoms with Crippen LogP contribution < -0.4 is 9.46 Å². The van der Waals surface area contributed by atoms with E-state index in [1.54, 1.807) is 50.4 Å². The first-order chi connectivity index (χ1) is 11.8. The van der Waals surface area contributed by atoms with Crippen LogP contribution in [0.1, 0.15) is 34.5 Å². The molecule has 1 atom stereocenters. The van der Waals surface area contributed by atoms with E-state index in [4.69, 9.17) is 4.74 Å². The summed E-state index contributed by atoms with van der Waals surface area (Å²) in [6.45, 7) is 1.78. The molecule has 0 aliphatic heterocycles. The number of sulfonamides is 1. The van der Waals surface area contributed by atoms with Gasteiger partial charge in [-0.05, 0) is 42.3 Å². The van der Waals surface area contributed by atoms with E-state index < -0.39 is 16.0 Å². The summed E-state index contributed by atoms with van der Waals surface area (Å²) in [4.78, 5) is 11.4. The molecule has 7 heteroatoms. The third kappa shape index (κ3) is 5.30. The van der Waals surface area contributed by atoms with Gasteiger partial charge >= 0.3 is 5.97 Å². The molecule has 134 valence electrons. The maximum atomic E-state index is 12.4. The zero-order chi connectivity index (χ0) is 18.4. The number of carbonyl (C=O) groups excluding carboxylic acids is 1. The van der Waals surface area contributed by atoms with E-state index in [9.17, 15) is 13.2 Å². The highest BCUT2D eigenvalue weighted by Crippen LogP contribution is 2.19. The molecule has 0 saturated heterocycles. The summed E-state index contributed by atoms with van der Waals surface area (Å²) in [5, 5.41) is 0. The fraction of sp³-hybridized carbons (Fsp3) is 0.278. The van der Waals surface area contributed by atoms with Crippen molar-refractivity contribution in [1.82, 2.24) is 4.72 Å². The van der Waals surface area contributed by atoms with Crippen LogP contribution in [-0.4, -0.2) is 28.6 Å². The largest absolute Gasteiger partial charge is 0.497 e. The maximum absolute atomic E-state index is 12.4. The molecule has 2 aromatic rings. The fourth-order valence-electron chi connectivity index (χ4n) is 2.35. The Balaban J connectivity index is 2.04.